The molecule has 2 atom stereocenters. The molecule has 2 aromatic rings. The lowest BCUT2D eigenvalue weighted by molar-refractivity contribution is -0.0537. The van der Waals surface area contributed by atoms with Gasteiger partial charge in [0, 0.05) is 0 Å². The summed E-state index contributed by atoms with van der Waals surface area (Å²) in [6.07, 6.45) is 10.4. The molecule has 1 saturated carbocycles. The summed E-state index contributed by atoms with van der Waals surface area (Å²) in [5.41, 5.74) is 2.73. The van der Waals surface area contributed by atoms with Crippen molar-refractivity contribution in [2.24, 2.45) is 11.8 Å². The smallest absolute Gasteiger partial charge is 0.282 e. The number of nitrogens with one attached hydrogen (secondary N) is 1. The lowest BCUT2D eigenvalue weighted by atomic mass is 9.99. The van der Waals surface area contributed by atoms with Crippen molar-refractivity contribution in [1.82, 2.24) is 24.8 Å². The predicted molar refractivity (Wildman–Crippen MR) is 110 cm³/mol. The molecule has 3 heterocycles. The van der Waals surface area contributed by atoms with Crippen molar-refractivity contribution < 1.29 is 8.78 Å². The zero-order chi connectivity index (χ0) is 20.6. The minimum atomic E-state index is -2.77. The van der Waals surface area contributed by atoms with Crippen LogP contribution in [0.3, 0.4) is 0 Å². The number of hydrogen-bond acceptors (Lipinski definition) is 4. The van der Waals surface area contributed by atoms with Crippen molar-refractivity contribution >= 4 is 5.65 Å². The van der Waals surface area contributed by atoms with Gasteiger partial charge in [0.05, 0.1) is 43.0 Å². The van der Waals surface area contributed by atoms with Gasteiger partial charge in [0.25, 0.3) is 5.92 Å². The van der Waals surface area contributed by atoms with Gasteiger partial charge in [0.1, 0.15) is 0 Å². The highest BCUT2D eigenvalue weighted by molar-refractivity contribution is 5.42. The first kappa shape index (κ1) is 20.1. The predicted octanol–water partition coefficient (Wildman–Crippen LogP) is 4.56. The summed E-state index contributed by atoms with van der Waals surface area (Å²) in [6.45, 7) is 7.62. The first-order valence-corrected chi connectivity index (χ1v) is 10.8. The van der Waals surface area contributed by atoms with Gasteiger partial charge in [-0.3, -0.25) is 0 Å². The van der Waals surface area contributed by atoms with E-state index in [-0.39, 0.29) is 19.1 Å². The Morgan fingerprint density at radius 3 is 2.90 bits per heavy atom. The molecule has 1 aliphatic heterocycles. The molecule has 158 valence electrons. The number of halogens is 2. The molecule has 1 saturated heterocycles. The topological polar surface area (TPSA) is 45.5 Å². The van der Waals surface area contributed by atoms with E-state index in [1.54, 1.807) is 15.6 Å². The maximum Gasteiger partial charge on any atom is 0.282 e. The summed E-state index contributed by atoms with van der Waals surface area (Å²) in [7, 11) is 0. The molecule has 5 nitrogen and oxygen atoms in total. The van der Waals surface area contributed by atoms with E-state index < -0.39 is 5.92 Å². The third-order valence-corrected chi connectivity index (χ3v) is 6.00. The second-order valence-corrected chi connectivity index (χ2v) is 8.90. The highest BCUT2D eigenvalue weighted by atomic mass is 19.3. The average molecular weight is 404 g/mol. The second kappa shape index (κ2) is 7.92. The number of rotatable bonds is 8. The molecule has 2 aliphatic rings. The van der Waals surface area contributed by atoms with Crippen molar-refractivity contribution in [3.8, 4) is 0 Å². The molecule has 0 bridgehead atoms. The van der Waals surface area contributed by atoms with E-state index in [1.165, 1.54) is 19.3 Å². The van der Waals surface area contributed by atoms with Crippen molar-refractivity contribution in [2.75, 3.05) is 13.1 Å². The molecule has 0 aromatic carbocycles. The molecule has 2 fully saturated rings. The van der Waals surface area contributed by atoms with E-state index >= 15 is 0 Å². The average Bonchev–Trinajstić information content (AvgIpc) is 3.38. The van der Waals surface area contributed by atoms with Crippen LogP contribution in [0.5, 0.6) is 0 Å². The Labute approximate surface area is 171 Å². The monoisotopic (exact) mass is 403 g/mol. The highest BCUT2D eigenvalue weighted by Gasteiger charge is 2.39. The first-order valence-electron chi connectivity index (χ1n) is 10.8. The SMILES string of the molecule is C=C1NCC(F)(F)CN1[C@H](CCC)c1cnn2cc(C[C@@H](C)CC3CC3)nc2c1. The van der Waals surface area contributed by atoms with Crippen LogP contribution in [-0.4, -0.2) is 38.5 Å². The van der Waals surface area contributed by atoms with E-state index in [1.807, 2.05) is 12.3 Å². The van der Waals surface area contributed by atoms with Gasteiger partial charge in [0.2, 0.25) is 0 Å². The van der Waals surface area contributed by atoms with Crippen LogP contribution in [0.2, 0.25) is 0 Å². The number of hydrogen-bond donors (Lipinski definition) is 1. The molecule has 2 aromatic heterocycles. The van der Waals surface area contributed by atoms with Crippen molar-refractivity contribution in [3.63, 3.8) is 0 Å². The summed E-state index contributed by atoms with van der Waals surface area (Å²) < 4.78 is 29.9. The maximum absolute atomic E-state index is 14.0. The highest BCUT2D eigenvalue weighted by Crippen LogP contribution is 2.36. The quantitative estimate of drug-likeness (QED) is 0.702. The second-order valence-electron chi connectivity index (χ2n) is 8.90. The number of nitrogens with zero attached hydrogens (tertiary/aromatic N) is 4. The Bertz CT molecular complexity index is 873. The van der Waals surface area contributed by atoms with Crippen LogP contribution in [0.1, 0.15) is 63.3 Å². The van der Waals surface area contributed by atoms with Crippen LogP contribution in [0, 0.1) is 11.8 Å². The Hall–Kier alpha value is -2.18. The van der Waals surface area contributed by atoms with E-state index in [9.17, 15) is 8.78 Å². The molecule has 0 amide bonds. The number of imidazole rings is 1. The van der Waals surface area contributed by atoms with Crippen LogP contribution >= 0.6 is 0 Å². The molecule has 1 N–H and O–H groups in total. The van der Waals surface area contributed by atoms with Crippen LogP contribution in [-0.2, 0) is 6.42 Å². The molecular weight excluding hydrogens is 372 g/mol. The summed E-state index contributed by atoms with van der Waals surface area (Å²) in [6, 6.07) is 1.79. The summed E-state index contributed by atoms with van der Waals surface area (Å²) in [5.74, 6) is -0.703. The van der Waals surface area contributed by atoms with Gasteiger partial charge in [-0.1, -0.05) is 39.7 Å². The minimum Gasteiger partial charge on any atom is -0.366 e. The minimum absolute atomic E-state index is 0.197. The first-order chi connectivity index (χ1) is 13.8. The van der Waals surface area contributed by atoms with Crippen LogP contribution in [0.15, 0.2) is 30.9 Å². The standard InChI is InChI=1S/C22H31F2N5/c1-4-5-20(28-14-22(23,24)13-25-16(28)3)18-10-21-27-19(12-29(21)26-11-18)9-15(2)8-17-6-7-17/h10-12,15,17,20,25H,3-9,13-14H2,1-2H3/t15-,20+/m0/s1. The van der Waals surface area contributed by atoms with Crippen LogP contribution in [0.25, 0.3) is 5.65 Å². The molecule has 0 spiro atoms. The molecule has 0 radical (unpaired) electrons. The van der Waals surface area contributed by atoms with Gasteiger partial charge >= 0.3 is 0 Å². The Morgan fingerprint density at radius 1 is 1.38 bits per heavy atom. The van der Waals surface area contributed by atoms with Gasteiger partial charge in [-0.2, -0.15) is 5.10 Å². The summed E-state index contributed by atoms with van der Waals surface area (Å²) in [5, 5.41) is 7.29. The van der Waals surface area contributed by atoms with Gasteiger partial charge in [-0.15, -0.1) is 0 Å². The van der Waals surface area contributed by atoms with E-state index in [0.29, 0.717) is 11.7 Å². The summed E-state index contributed by atoms with van der Waals surface area (Å²) >= 11 is 0. The van der Waals surface area contributed by atoms with Crippen molar-refractivity contribution in [3.05, 3.63) is 42.1 Å². The fourth-order valence-corrected chi connectivity index (χ4v) is 4.39. The molecule has 0 unspecified atom stereocenters. The van der Waals surface area contributed by atoms with E-state index in [4.69, 9.17) is 4.98 Å². The Kier molecular flexibility index (Phi) is 5.49. The van der Waals surface area contributed by atoms with Crippen molar-refractivity contribution in [1.29, 1.82) is 0 Å². The molecule has 29 heavy (non-hydrogen) atoms. The third kappa shape index (κ3) is 4.70. The zero-order valence-electron chi connectivity index (χ0n) is 17.4. The van der Waals surface area contributed by atoms with E-state index in [0.717, 1.165) is 42.1 Å². The zero-order valence-corrected chi connectivity index (χ0v) is 17.4. The summed E-state index contributed by atoms with van der Waals surface area (Å²) in [4.78, 5) is 6.45. The normalized spacial score (nSPS) is 21.2. The lowest BCUT2D eigenvalue weighted by Crippen LogP contribution is -2.52. The van der Waals surface area contributed by atoms with E-state index in [2.05, 4.69) is 30.8 Å². The van der Waals surface area contributed by atoms with Gasteiger partial charge in [-0.05, 0) is 42.7 Å². The molecular formula is C22H31F2N5. The Morgan fingerprint density at radius 2 is 2.17 bits per heavy atom. The number of alkyl halides is 2. The molecule has 7 heteroatoms. The third-order valence-electron chi connectivity index (χ3n) is 6.00. The largest absolute Gasteiger partial charge is 0.366 e. The Balaban J connectivity index is 1.56. The van der Waals surface area contributed by atoms with Gasteiger partial charge in [-0.25, -0.2) is 18.3 Å². The molecule has 1 aliphatic carbocycles. The van der Waals surface area contributed by atoms with Crippen LogP contribution in [0.4, 0.5) is 8.78 Å². The van der Waals surface area contributed by atoms with Gasteiger partial charge in [0.15, 0.2) is 5.65 Å². The molecule has 4 rings (SSSR count). The number of fused-ring (bicyclic) bond motifs is 1. The lowest BCUT2D eigenvalue weighted by Gasteiger charge is -2.41. The van der Waals surface area contributed by atoms with Crippen LogP contribution < -0.4 is 5.32 Å². The van der Waals surface area contributed by atoms with Gasteiger partial charge < -0.3 is 10.2 Å². The fraction of sp³-hybridized carbons (Fsp3) is 0.636. The number of aromatic nitrogens is 3. The van der Waals surface area contributed by atoms with Crippen molar-refractivity contribution in [2.45, 2.75) is 64.3 Å². The fourth-order valence-electron chi connectivity index (χ4n) is 4.39. The maximum atomic E-state index is 14.0.